The maximum atomic E-state index is 12.5. The zero-order valence-corrected chi connectivity index (χ0v) is 15.8. The molecule has 0 bridgehead atoms. The van der Waals surface area contributed by atoms with Gasteiger partial charge in [-0.1, -0.05) is 0 Å². The van der Waals surface area contributed by atoms with E-state index in [4.69, 9.17) is 24.1 Å². The first-order valence-corrected chi connectivity index (χ1v) is 8.92. The van der Waals surface area contributed by atoms with E-state index in [-0.39, 0.29) is 38.1 Å². The summed E-state index contributed by atoms with van der Waals surface area (Å²) >= 11 is 0. The minimum atomic E-state index is -1.07. The lowest BCUT2D eigenvalue weighted by Gasteiger charge is -2.24. The molecule has 0 aromatic heterocycles. The van der Waals surface area contributed by atoms with Crippen LogP contribution in [0.1, 0.15) is 24.8 Å². The second-order valence-corrected chi connectivity index (χ2v) is 6.30. The van der Waals surface area contributed by atoms with Crippen LogP contribution in [0.2, 0.25) is 0 Å². The Morgan fingerprint density at radius 2 is 1.78 bits per heavy atom. The third-order valence-electron chi connectivity index (χ3n) is 4.30. The lowest BCUT2D eigenvalue weighted by atomic mass is 10.1. The number of carboxylic acids is 1. The number of benzene rings is 1. The summed E-state index contributed by atoms with van der Waals surface area (Å²) in [6, 6.07) is 5.22. The van der Waals surface area contributed by atoms with E-state index in [1.54, 1.807) is 18.2 Å². The van der Waals surface area contributed by atoms with Gasteiger partial charge in [-0.25, -0.2) is 0 Å². The molecule has 8 heteroatoms. The summed E-state index contributed by atoms with van der Waals surface area (Å²) in [5, 5.41) is 9.15. The maximum absolute atomic E-state index is 12.5. The first-order chi connectivity index (χ1) is 13.0. The number of hydrogen-bond donors (Lipinski definition) is 1. The number of nitrogens with zero attached hydrogens (tertiary/aromatic N) is 1. The molecule has 0 saturated carbocycles. The van der Waals surface area contributed by atoms with Crippen molar-refractivity contribution in [3.05, 3.63) is 23.8 Å². The quantitative estimate of drug-likeness (QED) is 0.659. The van der Waals surface area contributed by atoms with Crippen LogP contribution >= 0.6 is 0 Å². The summed E-state index contributed by atoms with van der Waals surface area (Å²) in [6.45, 7) is 1.37. The average Bonchev–Trinajstić information content (AvgIpc) is 2.67. The van der Waals surface area contributed by atoms with Crippen molar-refractivity contribution < 1.29 is 33.6 Å². The molecule has 1 fully saturated rings. The molecule has 150 valence electrons. The molecule has 1 aliphatic heterocycles. The highest BCUT2D eigenvalue weighted by atomic mass is 16.5. The van der Waals surface area contributed by atoms with Crippen molar-refractivity contribution in [1.82, 2.24) is 4.90 Å². The van der Waals surface area contributed by atoms with E-state index in [1.165, 1.54) is 19.1 Å². The summed E-state index contributed by atoms with van der Waals surface area (Å²) in [5.74, 6) is -0.181. The maximum Gasteiger partial charge on any atom is 0.323 e. The van der Waals surface area contributed by atoms with E-state index in [1.807, 2.05) is 0 Å². The van der Waals surface area contributed by atoms with Crippen molar-refractivity contribution in [3.63, 3.8) is 0 Å². The van der Waals surface area contributed by atoms with Gasteiger partial charge in [0.2, 0.25) is 5.91 Å². The number of carboxylic acid groups (broad SMARTS) is 1. The summed E-state index contributed by atoms with van der Waals surface area (Å²) in [4.78, 5) is 25.0. The molecule has 1 amide bonds. The average molecular weight is 381 g/mol. The number of carbonyl (C=O) groups excluding carboxylic acids is 1. The van der Waals surface area contributed by atoms with Gasteiger partial charge >= 0.3 is 5.97 Å². The van der Waals surface area contributed by atoms with E-state index in [0.717, 1.165) is 18.4 Å². The van der Waals surface area contributed by atoms with Gasteiger partial charge in [0.15, 0.2) is 0 Å². The number of carbonyl (C=O) groups is 2. The van der Waals surface area contributed by atoms with Crippen molar-refractivity contribution in [3.8, 4) is 11.5 Å². The molecule has 27 heavy (non-hydrogen) atoms. The molecule has 2 rings (SSSR count). The van der Waals surface area contributed by atoms with Crippen LogP contribution in [-0.4, -0.2) is 68.6 Å². The summed E-state index contributed by atoms with van der Waals surface area (Å²) in [5.41, 5.74) is 0.728. The Balaban J connectivity index is 1.96. The van der Waals surface area contributed by atoms with E-state index in [0.29, 0.717) is 24.7 Å². The molecule has 1 saturated heterocycles. The van der Waals surface area contributed by atoms with Gasteiger partial charge < -0.3 is 29.0 Å². The fraction of sp³-hybridized carbons (Fsp3) is 0.579. The predicted octanol–water partition coefficient (Wildman–Crippen LogP) is 1.70. The van der Waals surface area contributed by atoms with Gasteiger partial charge in [0.05, 0.1) is 33.4 Å². The highest BCUT2D eigenvalue weighted by Crippen LogP contribution is 2.23. The minimum absolute atomic E-state index is 0.0992. The Morgan fingerprint density at radius 1 is 1.15 bits per heavy atom. The van der Waals surface area contributed by atoms with Gasteiger partial charge in [-0.2, -0.15) is 0 Å². The largest absolute Gasteiger partial charge is 0.497 e. The van der Waals surface area contributed by atoms with Crippen LogP contribution in [0.3, 0.4) is 0 Å². The Morgan fingerprint density at radius 3 is 2.33 bits per heavy atom. The molecule has 0 unspecified atom stereocenters. The van der Waals surface area contributed by atoms with E-state index >= 15 is 0 Å². The van der Waals surface area contributed by atoms with Crippen LogP contribution in [0.5, 0.6) is 11.5 Å². The Bertz CT molecular complexity index is 606. The van der Waals surface area contributed by atoms with Gasteiger partial charge in [0, 0.05) is 25.8 Å². The number of aliphatic carboxylic acids is 1. The van der Waals surface area contributed by atoms with E-state index in [9.17, 15) is 9.59 Å². The summed E-state index contributed by atoms with van der Waals surface area (Å²) in [7, 11) is 3.07. The van der Waals surface area contributed by atoms with E-state index in [2.05, 4.69) is 0 Å². The molecule has 0 aliphatic carbocycles. The number of methoxy groups -OCH3 is 2. The third-order valence-corrected chi connectivity index (χ3v) is 4.30. The molecule has 1 N–H and O–H groups in total. The van der Waals surface area contributed by atoms with Gasteiger partial charge in [-0.15, -0.1) is 0 Å². The smallest absolute Gasteiger partial charge is 0.323 e. The molecular weight excluding hydrogens is 354 g/mol. The fourth-order valence-corrected chi connectivity index (χ4v) is 2.89. The van der Waals surface area contributed by atoms with Crippen LogP contribution in [-0.2, 0) is 25.6 Å². The molecule has 1 heterocycles. The van der Waals surface area contributed by atoms with Crippen molar-refractivity contribution >= 4 is 11.9 Å². The van der Waals surface area contributed by atoms with Gasteiger partial charge in [0.1, 0.15) is 18.0 Å². The Kier molecular flexibility index (Phi) is 8.35. The van der Waals surface area contributed by atoms with Crippen molar-refractivity contribution in [1.29, 1.82) is 0 Å². The second-order valence-electron chi connectivity index (χ2n) is 6.30. The van der Waals surface area contributed by atoms with Gasteiger partial charge in [-0.3, -0.25) is 9.59 Å². The van der Waals surface area contributed by atoms with Crippen molar-refractivity contribution in [2.45, 2.75) is 31.9 Å². The number of ether oxygens (including phenoxy) is 4. The highest BCUT2D eigenvalue weighted by molar-refractivity contribution is 5.81. The minimum Gasteiger partial charge on any atom is -0.497 e. The molecule has 0 radical (unpaired) electrons. The Labute approximate surface area is 159 Å². The van der Waals surface area contributed by atoms with Crippen LogP contribution in [0.15, 0.2) is 18.2 Å². The zero-order valence-electron chi connectivity index (χ0n) is 15.8. The zero-order chi connectivity index (χ0) is 19.6. The Hall–Kier alpha value is -2.32. The lowest BCUT2D eigenvalue weighted by molar-refractivity contribution is -0.145. The SMILES string of the molecule is COc1cc(CN(CC(=O)O)C(=O)CCOC2CCOCC2)cc(OC)c1. The molecule has 1 aromatic carbocycles. The van der Waals surface area contributed by atoms with Crippen molar-refractivity contribution in [2.24, 2.45) is 0 Å². The first kappa shape index (κ1) is 21.0. The standard InChI is InChI=1S/C19H27NO7/c1-24-16-9-14(10-17(11-16)25-2)12-20(13-19(22)23)18(21)5-8-27-15-3-6-26-7-4-15/h9-11,15H,3-8,12-13H2,1-2H3,(H,22,23). The normalized spacial score (nSPS) is 14.6. The van der Waals surface area contributed by atoms with Crippen molar-refractivity contribution in [2.75, 3.05) is 40.6 Å². The van der Waals surface area contributed by atoms with Crippen LogP contribution in [0.25, 0.3) is 0 Å². The second kappa shape index (κ2) is 10.7. The van der Waals surface area contributed by atoms with Crippen LogP contribution in [0, 0.1) is 0 Å². The highest BCUT2D eigenvalue weighted by Gasteiger charge is 2.20. The van der Waals surface area contributed by atoms with E-state index < -0.39 is 5.97 Å². The summed E-state index contributed by atoms with van der Waals surface area (Å²) in [6.07, 6.45) is 1.86. The molecule has 0 atom stereocenters. The number of hydrogen-bond acceptors (Lipinski definition) is 6. The first-order valence-electron chi connectivity index (χ1n) is 8.92. The topological polar surface area (TPSA) is 94.5 Å². The molecule has 1 aliphatic rings. The van der Waals surface area contributed by atoms with Crippen LogP contribution < -0.4 is 9.47 Å². The summed E-state index contributed by atoms with van der Waals surface area (Å²) < 4.78 is 21.4. The third kappa shape index (κ3) is 7.07. The number of rotatable bonds is 10. The number of amides is 1. The lowest BCUT2D eigenvalue weighted by Crippen LogP contribution is -2.36. The predicted molar refractivity (Wildman–Crippen MR) is 97.0 cm³/mol. The van der Waals surface area contributed by atoms with Crippen LogP contribution in [0.4, 0.5) is 0 Å². The molecule has 8 nitrogen and oxygen atoms in total. The molecule has 0 spiro atoms. The van der Waals surface area contributed by atoms with Gasteiger partial charge in [0.25, 0.3) is 0 Å². The fourth-order valence-electron chi connectivity index (χ4n) is 2.89. The molecular formula is C19H27NO7. The monoisotopic (exact) mass is 381 g/mol. The van der Waals surface area contributed by atoms with Gasteiger partial charge in [-0.05, 0) is 30.5 Å². The molecule has 1 aromatic rings.